The van der Waals surface area contributed by atoms with Gasteiger partial charge in [0.15, 0.2) is 18.2 Å². The highest BCUT2D eigenvalue weighted by Crippen LogP contribution is 2.27. The Hall–Kier alpha value is -2.67. The summed E-state index contributed by atoms with van der Waals surface area (Å²) in [6, 6.07) is 9.49. The van der Waals surface area contributed by atoms with Gasteiger partial charge in [0.2, 0.25) is 0 Å². The van der Waals surface area contributed by atoms with Crippen molar-refractivity contribution in [2.75, 3.05) is 11.9 Å². The maximum absolute atomic E-state index is 13.3. The van der Waals surface area contributed by atoms with E-state index in [2.05, 4.69) is 5.32 Å². The number of amides is 1. The third-order valence-electron chi connectivity index (χ3n) is 2.62. The normalized spacial score (nSPS) is 10.1. The Kier molecular flexibility index (Phi) is 4.90. The van der Waals surface area contributed by atoms with Gasteiger partial charge in [0.05, 0.1) is 4.92 Å². The molecule has 0 fully saturated rings. The fourth-order valence-corrected chi connectivity index (χ4v) is 1.82. The van der Waals surface area contributed by atoms with Gasteiger partial charge in [-0.2, -0.15) is 0 Å². The van der Waals surface area contributed by atoms with Crippen molar-refractivity contribution in [3.63, 3.8) is 0 Å². The number of nitrogens with one attached hydrogen (secondary N) is 1. The molecule has 114 valence electrons. The standard InChI is InChI=1S/C14H10ClFN2O4/c15-10-6-5-9(7-12(10)18(20)21)17-14(19)8-22-13-4-2-1-3-11(13)16/h1-7H,8H2,(H,17,19). The second-order valence-electron chi connectivity index (χ2n) is 4.19. The number of rotatable bonds is 5. The van der Waals surface area contributed by atoms with Crippen molar-refractivity contribution in [3.8, 4) is 5.75 Å². The van der Waals surface area contributed by atoms with E-state index in [1.165, 1.54) is 30.3 Å². The number of nitro benzene ring substituents is 1. The number of carbonyl (C=O) groups is 1. The molecule has 0 aromatic heterocycles. The summed E-state index contributed by atoms with van der Waals surface area (Å²) in [4.78, 5) is 21.8. The average Bonchev–Trinajstić information content (AvgIpc) is 2.48. The van der Waals surface area contributed by atoms with Gasteiger partial charge < -0.3 is 10.1 Å². The van der Waals surface area contributed by atoms with Crippen LogP contribution in [0.15, 0.2) is 42.5 Å². The monoisotopic (exact) mass is 324 g/mol. The summed E-state index contributed by atoms with van der Waals surface area (Å²) < 4.78 is 18.3. The minimum Gasteiger partial charge on any atom is -0.481 e. The minimum atomic E-state index is -0.659. The third kappa shape index (κ3) is 3.92. The molecule has 1 amide bonds. The number of ether oxygens (including phenoxy) is 1. The van der Waals surface area contributed by atoms with E-state index >= 15 is 0 Å². The van der Waals surface area contributed by atoms with E-state index < -0.39 is 23.3 Å². The largest absolute Gasteiger partial charge is 0.481 e. The lowest BCUT2D eigenvalue weighted by molar-refractivity contribution is -0.384. The van der Waals surface area contributed by atoms with Gasteiger partial charge in [0.1, 0.15) is 5.02 Å². The molecule has 0 aliphatic rings. The van der Waals surface area contributed by atoms with Crippen LogP contribution in [0.1, 0.15) is 0 Å². The Morgan fingerprint density at radius 2 is 2.05 bits per heavy atom. The van der Waals surface area contributed by atoms with E-state index in [-0.39, 0.29) is 22.1 Å². The van der Waals surface area contributed by atoms with E-state index in [4.69, 9.17) is 16.3 Å². The number of anilines is 1. The fraction of sp³-hybridized carbons (Fsp3) is 0.0714. The second-order valence-corrected chi connectivity index (χ2v) is 4.60. The van der Waals surface area contributed by atoms with Crippen molar-refractivity contribution in [1.82, 2.24) is 0 Å². The van der Waals surface area contributed by atoms with E-state index in [1.54, 1.807) is 6.07 Å². The van der Waals surface area contributed by atoms with E-state index in [0.717, 1.165) is 6.07 Å². The summed E-state index contributed by atoms with van der Waals surface area (Å²) in [5.41, 5.74) is -0.132. The van der Waals surface area contributed by atoms with Gasteiger partial charge in [0, 0.05) is 11.8 Å². The first-order chi connectivity index (χ1) is 10.5. The SMILES string of the molecule is O=C(COc1ccccc1F)Nc1ccc(Cl)c([N+](=O)[O-])c1. The molecule has 0 atom stereocenters. The summed E-state index contributed by atoms with van der Waals surface area (Å²) in [6.45, 7) is -0.433. The van der Waals surface area contributed by atoms with Gasteiger partial charge in [-0.05, 0) is 24.3 Å². The zero-order valence-corrected chi connectivity index (χ0v) is 11.8. The molecule has 6 nitrogen and oxygen atoms in total. The smallest absolute Gasteiger partial charge is 0.289 e. The molecule has 0 aliphatic carbocycles. The number of hydrogen-bond donors (Lipinski definition) is 1. The van der Waals surface area contributed by atoms with Crippen molar-refractivity contribution in [2.45, 2.75) is 0 Å². The summed E-state index contributed by atoms with van der Waals surface area (Å²) in [5.74, 6) is -1.22. The average molecular weight is 325 g/mol. The van der Waals surface area contributed by atoms with Crippen LogP contribution in [0.2, 0.25) is 5.02 Å². The van der Waals surface area contributed by atoms with Gasteiger partial charge in [-0.1, -0.05) is 23.7 Å². The lowest BCUT2D eigenvalue weighted by Crippen LogP contribution is -2.20. The highest BCUT2D eigenvalue weighted by Gasteiger charge is 2.14. The van der Waals surface area contributed by atoms with Crippen LogP contribution in [-0.4, -0.2) is 17.4 Å². The number of para-hydroxylation sites is 1. The van der Waals surface area contributed by atoms with E-state index in [9.17, 15) is 19.3 Å². The van der Waals surface area contributed by atoms with Crippen LogP contribution < -0.4 is 10.1 Å². The quantitative estimate of drug-likeness (QED) is 0.675. The molecule has 0 bridgehead atoms. The maximum atomic E-state index is 13.3. The van der Waals surface area contributed by atoms with Gasteiger partial charge in [0.25, 0.3) is 11.6 Å². The van der Waals surface area contributed by atoms with Crippen molar-refractivity contribution < 1.29 is 18.8 Å². The molecule has 0 heterocycles. The minimum absolute atomic E-state index is 0.0365. The highest BCUT2D eigenvalue weighted by molar-refractivity contribution is 6.32. The molecule has 2 rings (SSSR count). The van der Waals surface area contributed by atoms with Crippen LogP contribution in [0, 0.1) is 15.9 Å². The van der Waals surface area contributed by atoms with Crippen molar-refractivity contribution in [2.24, 2.45) is 0 Å². The summed E-state index contributed by atoms with van der Waals surface area (Å²) in [5, 5.41) is 13.1. The first-order valence-corrected chi connectivity index (χ1v) is 6.46. The van der Waals surface area contributed by atoms with Crippen LogP contribution in [-0.2, 0) is 4.79 Å². The van der Waals surface area contributed by atoms with Gasteiger partial charge in [-0.15, -0.1) is 0 Å². The molecule has 0 aliphatic heterocycles. The number of nitro groups is 1. The van der Waals surface area contributed by atoms with Crippen molar-refractivity contribution in [1.29, 1.82) is 0 Å². The molecule has 22 heavy (non-hydrogen) atoms. The van der Waals surface area contributed by atoms with Crippen LogP contribution in [0.5, 0.6) is 5.75 Å². The van der Waals surface area contributed by atoms with Crippen molar-refractivity contribution >= 4 is 28.9 Å². The Bertz CT molecular complexity index is 724. The molecule has 2 aromatic rings. The first kappa shape index (κ1) is 15.7. The summed E-state index contributed by atoms with van der Waals surface area (Å²) in [7, 11) is 0. The zero-order valence-electron chi connectivity index (χ0n) is 11.1. The van der Waals surface area contributed by atoms with Crippen LogP contribution in [0.25, 0.3) is 0 Å². The number of nitrogens with zero attached hydrogens (tertiary/aromatic N) is 1. The number of hydrogen-bond acceptors (Lipinski definition) is 4. The number of carbonyl (C=O) groups excluding carboxylic acids is 1. The van der Waals surface area contributed by atoms with E-state index in [1.807, 2.05) is 0 Å². The highest BCUT2D eigenvalue weighted by atomic mass is 35.5. The van der Waals surface area contributed by atoms with Gasteiger partial charge >= 0.3 is 0 Å². The molecule has 1 N–H and O–H groups in total. The van der Waals surface area contributed by atoms with Crippen molar-refractivity contribution in [3.05, 3.63) is 63.4 Å². The Labute approximate surface area is 129 Å². The number of halogens is 2. The third-order valence-corrected chi connectivity index (χ3v) is 2.94. The fourth-order valence-electron chi connectivity index (χ4n) is 1.63. The molecule has 2 aromatic carbocycles. The molecular formula is C14H10ClFN2O4. The Balaban J connectivity index is 1.99. The zero-order chi connectivity index (χ0) is 16.1. The molecule has 0 spiro atoms. The molecule has 0 radical (unpaired) electrons. The number of benzene rings is 2. The lowest BCUT2D eigenvalue weighted by atomic mass is 10.3. The second kappa shape index (κ2) is 6.86. The molecular weight excluding hydrogens is 315 g/mol. The molecule has 0 saturated carbocycles. The predicted octanol–water partition coefficient (Wildman–Crippen LogP) is 3.40. The predicted molar refractivity (Wildman–Crippen MR) is 78.6 cm³/mol. The molecule has 8 heteroatoms. The Morgan fingerprint density at radius 3 is 2.73 bits per heavy atom. The molecule has 0 saturated heterocycles. The topological polar surface area (TPSA) is 81.5 Å². The maximum Gasteiger partial charge on any atom is 0.289 e. The van der Waals surface area contributed by atoms with Crippen LogP contribution in [0.4, 0.5) is 15.8 Å². The first-order valence-electron chi connectivity index (χ1n) is 6.08. The lowest BCUT2D eigenvalue weighted by Gasteiger charge is -2.08. The summed E-state index contributed by atoms with van der Waals surface area (Å²) in [6.07, 6.45) is 0. The summed E-state index contributed by atoms with van der Waals surface area (Å²) >= 11 is 5.67. The van der Waals surface area contributed by atoms with E-state index in [0.29, 0.717) is 0 Å². The Morgan fingerprint density at radius 1 is 1.32 bits per heavy atom. The van der Waals surface area contributed by atoms with Crippen LogP contribution >= 0.6 is 11.6 Å². The van der Waals surface area contributed by atoms with Gasteiger partial charge in [-0.25, -0.2) is 4.39 Å². The van der Waals surface area contributed by atoms with Crippen LogP contribution in [0.3, 0.4) is 0 Å². The van der Waals surface area contributed by atoms with Gasteiger partial charge in [-0.3, -0.25) is 14.9 Å². The molecule has 0 unspecified atom stereocenters.